The minimum atomic E-state index is -0.538. The van der Waals surface area contributed by atoms with Crippen molar-refractivity contribution in [1.82, 2.24) is 20.4 Å². The Balaban J connectivity index is 1.66. The number of piperazine rings is 1. The van der Waals surface area contributed by atoms with Crippen molar-refractivity contribution in [1.29, 1.82) is 0 Å². The fourth-order valence-corrected chi connectivity index (χ4v) is 3.23. The predicted molar refractivity (Wildman–Crippen MR) is 102 cm³/mol. The van der Waals surface area contributed by atoms with Gasteiger partial charge in [-0.1, -0.05) is 30.3 Å². The molecule has 3 amide bonds. The zero-order valence-electron chi connectivity index (χ0n) is 15.6. The third-order valence-electron chi connectivity index (χ3n) is 4.63. The van der Waals surface area contributed by atoms with Gasteiger partial charge in [0.05, 0.1) is 12.8 Å². The molecule has 27 heavy (non-hydrogen) atoms. The minimum Gasteiger partial charge on any atom is -0.468 e. The molecule has 1 aromatic carbocycles. The summed E-state index contributed by atoms with van der Waals surface area (Å²) in [5.41, 5.74) is 1.03. The SMILES string of the molecule is CCNC(=O)N1CCN(Cc2ccco2)CC1C(=O)NCc1ccccc1. The summed E-state index contributed by atoms with van der Waals surface area (Å²) in [6.45, 7) is 5.13. The van der Waals surface area contributed by atoms with E-state index >= 15 is 0 Å². The van der Waals surface area contributed by atoms with Gasteiger partial charge in [-0.25, -0.2) is 4.79 Å². The van der Waals surface area contributed by atoms with Crippen LogP contribution in [0.15, 0.2) is 53.1 Å². The van der Waals surface area contributed by atoms with Crippen molar-refractivity contribution in [2.75, 3.05) is 26.2 Å². The van der Waals surface area contributed by atoms with Crippen LogP contribution >= 0.6 is 0 Å². The van der Waals surface area contributed by atoms with E-state index in [0.29, 0.717) is 39.3 Å². The molecule has 2 aromatic rings. The van der Waals surface area contributed by atoms with Crippen molar-refractivity contribution >= 4 is 11.9 Å². The molecular weight excluding hydrogens is 344 g/mol. The molecule has 0 aliphatic carbocycles. The van der Waals surface area contributed by atoms with Crippen molar-refractivity contribution in [2.45, 2.75) is 26.1 Å². The summed E-state index contributed by atoms with van der Waals surface area (Å²) in [6.07, 6.45) is 1.64. The number of hydrogen-bond acceptors (Lipinski definition) is 4. The number of furan rings is 1. The van der Waals surface area contributed by atoms with Gasteiger partial charge in [0.15, 0.2) is 0 Å². The van der Waals surface area contributed by atoms with Crippen LogP contribution in [0.25, 0.3) is 0 Å². The van der Waals surface area contributed by atoms with Gasteiger partial charge >= 0.3 is 6.03 Å². The monoisotopic (exact) mass is 370 g/mol. The van der Waals surface area contributed by atoms with Crippen LogP contribution in [0.1, 0.15) is 18.2 Å². The topological polar surface area (TPSA) is 77.8 Å². The van der Waals surface area contributed by atoms with E-state index in [-0.39, 0.29) is 11.9 Å². The molecule has 144 valence electrons. The van der Waals surface area contributed by atoms with Gasteiger partial charge in [-0.2, -0.15) is 0 Å². The first-order valence-electron chi connectivity index (χ1n) is 9.28. The largest absolute Gasteiger partial charge is 0.468 e. The lowest BCUT2D eigenvalue weighted by molar-refractivity contribution is -0.127. The Morgan fingerprint density at radius 3 is 2.63 bits per heavy atom. The van der Waals surface area contributed by atoms with Gasteiger partial charge in [0.25, 0.3) is 0 Å². The van der Waals surface area contributed by atoms with Crippen LogP contribution in [0, 0.1) is 0 Å². The Morgan fingerprint density at radius 1 is 1.11 bits per heavy atom. The molecule has 1 aliphatic rings. The van der Waals surface area contributed by atoms with Crippen molar-refractivity contribution in [3.63, 3.8) is 0 Å². The molecule has 1 fully saturated rings. The first-order chi connectivity index (χ1) is 13.2. The summed E-state index contributed by atoms with van der Waals surface area (Å²) in [5, 5.41) is 5.77. The van der Waals surface area contributed by atoms with E-state index < -0.39 is 6.04 Å². The Labute approximate surface area is 159 Å². The number of amides is 3. The van der Waals surface area contributed by atoms with Crippen LogP contribution in [0.4, 0.5) is 4.79 Å². The zero-order chi connectivity index (χ0) is 19.1. The molecule has 1 aliphatic heterocycles. The average molecular weight is 370 g/mol. The first kappa shape index (κ1) is 19.0. The van der Waals surface area contributed by atoms with Crippen LogP contribution in [-0.2, 0) is 17.9 Å². The summed E-state index contributed by atoms with van der Waals surface area (Å²) >= 11 is 0. The molecule has 1 atom stereocenters. The van der Waals surface area contributed by atoms with E-state index in [1.54, 1.807) is 11.2 Å². The van der Waals surface area contributed by atoms with Gasteiger partial charge in [0.2, 0.25) is 5.91 Å². The fourth-order valence-electron chi connectivity index (χ4n) is 3.23. The molecule has 0 radical (unpaired) electrons. The van der Waals surface area contributed by atoms with Crippen LogP contribution < -0.4 is 10.6 Å². The van der Waals surface area contributed by atoms with E-state index in [1.165, 1.54) is 0 Å². The normalized spacial score (nSPS) is 17.5. The summed E-state index contributed by atoms with van der Waals surface area (Å²) in [5.74, 6) is 0.708. The Kier molecular flexibility index (Phi) is 6.49. The Hall–Kier alpha value is -2.80. The lowest BCUT2D eigenvalue weighted by Crippen LogP contribution is -2.62. The predicted octanol–water partition coefficient (Wildman–Crippen LogP) is 1.81. The van der Waals surface area contributed by atoms with Gasteiger partial charge in [-0.05, 0) is 24.6 Å². The second-order valence-electron chi connectivity index (χ2n) is 6.56. The second kappa shape index (κ2) is 9.23. The highest BCUT2D eigenvalue weighted by Crippen LogP contribution is 2.14. The van der Waals surface area contributed by atoms with E-state index in [2.05, 4.69) is 15.5 Å². The molecule has 0 spiro atoms. The summed E-state index contributed by atoms with van der Waals surface area (Å²) in [6, 6.07) is 12.8. The third kappa shape index (κ3) is 5.10. The molecule has 1 aromatic heterocycles. The maximum Gasteiger partial charge on any atom is 0.318 e. The second-order valence-corrected chi connectivity index (χ2v) is 6.56. The van der Waals surface area contributed by atoms with Crippen LogP contribution in [0.5, 0.6) is 0 Å². The van der Waals surface area contributed by atoms with Crippen molar-refractivity contribution < 1.29 is 14.0 Å². The van der Waals surface area contributed by atoms with Crippen molar-refractivity contribution in [2.24, 2.45) is 0 Å². The molecule has 0 bridgehead atoms. The number of rotatable bonds is 6. The summed E-state index contributed by atoms with van der Waals surface area (Å²) in [7, 11) is 0. The van der Waals surface area contributed by atoms with Gasteiger partial charge in [0, 0.05) is 32.7 Å². The standard InChI is InChI=1S/C20H26N4O3/c1-2-21-20(26)24-11-10-23(14-17-9-6-12-27-17)15-18(24)19(25)22-13-16-7-4-3-5-8-16/h3-9,12,18H,2,10-11,13-15H2,1H3,(H,21,26)(H,22,25). The van der Waals surface area contributed by atoms with Crippen LogP contribution in [0.3, 0.4) is 0 Å². The first-order valence-corrected chi connectivity index (χ1v) is 9.28. The highest BCUT2D eigenvalue weighted by Gasteiger charge is 2.35. The molecular formula is C20H26N4O3. The van der Waals surface area contributed by atoms with Gasteiger partial charge < -0.3 is 20.0 Å². The summed E-state index contributed by atoms with van der Waals surface area (Å²) in [4.78, 5) is 29.0. The highest BCUT2D eigenvalue weighted by molar-refractivity contribution is 5.87. The molecule has 1 unspecified atom stereocenters. The number of nitrogens with zero attached hydrogens (tertiary/aromatic N) is 2. The van der Waals surface area contributed by atoms with E-state index in [4.69, 9.17) is 4.42 Å². The van der Waals surface area contributed by atoms with Gasteiger partial charge in [0.1, 0.15) is 11.8 Å². The molecule has 0 saturated carbocycles. The number of nitrogens with one attached hydrogen (secondary N) is 2. The van der Waals surface area contributed by atoms with Crippen LogP contribution in [-0.4, -0.2) is 54.0 Å². The summed E-state index contributed by atoms with van der Waals surface area (Å²) < 4.78 is 5.42. The highest BCUT2D eigenvalue weighted by atomic mass is 16.3. The quantitative estimate of drug-likeness (QED) is 0.813. The fraction of sp³-hybridized carbons (Fsp3) is 0.400. The van der Waals surface area contributed by atoms with E-state index in [0.717, 1.165) is 11.3 Å². The van der Waals surface area contributed by atoms with Crippen molar-refractivity contribution in [3.8, 4) is 0 Å². The molecule has 7 nitrogen and oxygen atoms in total. The third-order valence-corrected chi connectivity index (χ3v) is 4.63. The smallest absolute Gasteiger partial charge is 0.318 e. The lowest BCUT2D eigenvalue weighted by atomic mass is 10.1. The molecule has 1 saturated heterocycles. The van der Waals surface area contributed by atoms with Crippen LogP contribution in [0.2, 0.25) is 0 Å². The lowest BCUT2D eigenvalue weighted by Gasteiger charge is -2.40. The molecule has 2 heterocycles. The maximum absolute atomic E-state index is 12.9. The zero-order valence-corrected chi connectivity index (χ0v) is 15.6. The van der Waals surface area contributed by atoms with Gasteiger partial charge in [-0.15, -0.1) is 0 Å². The molecule has 3 rings (SSSR count). The maximum atomic E-state index is 12.9. The average Bonchev–Trinajstić information content (AvgIpc) is 3.20. The van der Waals surface area contributed by atoms with Crippen molar-refractivity contribution in [3.05, 3.63) is 60.1 Å². The number of carbonyl (C=O) groups excluding carboxylic acids is 2. The van der Waals surface area contributed by atoms with E-state index in [9.17, 15) is 9.59 Å². The van der Waals surface area contributed by atoms with E-state index in [1.807, 2.05) is 49.4 Å². The number of urea groups is 1. The Bertz CT molecular complexity index is 733. The molecule has 2 N–H and O–H groups in total. The minimum absolute atomic E-state index is 0.144. The Morgan fingerprint density at radius 2 is 1.93 bits per heavy atom. The van der Waals surface area contributed by atoms with Gasteiger partial charge in [-0.3, -0.25) is 9.69 Å². The number of benzene rings is 1. The number of hydrogen-bond donors (Lipinski definition) is 2. The number of carbonyl (C=O) groups is 2. The molecule has 7 heteroatoms.